The summed E-state index contributed by atoms with van der Waals surface area (Å²) in [6, 6.07) is 9.18. The van der Waals surface area contributed by atoms with E-state index in [-0.39, 0.29) is 17.0 Å². The Morgan fingerprint density at radius 1 is 1.36 bits per heavy atom. The van der Waals surface area contributed by atoms with Crippen molar-refractivity contribution < 1.29 is 19.4 Å². The molecule has 144 valence electrons. The van der Waals surface area contributed by atoms with Gasteiger partial charge >= 0.3 is 0 Å². The molecule has 1 aliphatic rings. The first kappa shape index (κ1) is 18.0. The van der Waals surface area contributed by atoms with Crippen molar-refractivity contribution in [3.8, 4) is 11.6 Å². The number of amides is 1. The molecule has 1 fully saturated rings. The van der Waals surface area contributed by atoms with Gasteiger partial charge in [0, 0.05) is 36.5 Å². The van der Waals surface area contributed by atoms with Crippen molar-refractivity contribution in [2.45, 2.75) is 6.42 Å². The predicted molar refractivity (Wildman–Crippen MR) is 103 cm³/mol. The first-order valence-electron chi connectivity index (χ1n) is 8.93. The second-order valence-electron chi connectivity index (χ2n) is 6.63. The first-order valence-corrected chi connectivity index (χ1v) is 8.93. The zero-order chi connectivity index (χ0) is 19.5. The molecule has 2 aromatic heterocycles. The van der Waals surface area contributed by atoms with E-state index in [2.05, 4.69) is 15.3 Å². The molecule has 0 radical (unpaired) electrons. The van der Waals surface area contributed by atoms with Crippen LogP contribution in [-0.2, 0) is 4.74 Å². The number of benzene rings is 1. The third-order valence-corrected chi connectivity index (χ3v) is 4.56. The minimum Gasteiger partial charge on any atom is -0.507 e. The first-order chi connectivity index (χ1) is 13.6. The number of phenols is 1. The molecular formula is C20H19N3O5. The average Bonchev–Trinajstić information content (AvgIpc) is 3.19. The molecular weight excluding hydrogens is 362 g/mol. The van der Waals surface area contributed by atoms with Gasteiger partial charge < -0.3 is 24.9 Å². The number of nitrogens with one attached hydrogen (secondary N) is 2. The standard InChI is InChI=1S/C20H19N3O5/c24-16-9-14(22-19(26)15-2-1-3-17(25)23-15)8-13-4-6-21-20(18(13)16)28-11-12-5-7-27-10-12/h1-4,6,8-9,12,24H,5,7,10-11H2,(H,22,26)(H,23,25). The number of pyridine rings is 2. The van der Waals surface area contributed by atoms with Crippen molar-refractivity contribution in [2.75, 3.05) is 25.1 Å². The van der Waals surface area contributed by atoms with Crippen molar-refractivity contribution >= 4 is 22.4 Å². The molecule has 1 atom stereocenters. The maximum Gasteiger partial charge on any atom is 0.272 e. The second kappa shape index (κ2) is 7.69. The van der Waals surface area contributed by atoms with Gasteiger partial charge in [-0.15, -0.1) is 0 Å². The molecule has 1 saturated heterocycles. The van der Waals surface area contributed by atoms with Crippen LogP contribution in [0.25, 0.3) is 10.8 Å². The summed E-state index contributed by atoms with van der Waals surface area (Å²) in [7, 11) is 0. The molecule has 8 nitrogen and oxygen atoms in total. The lowest BCUT2D eigenvalue weighted by atomic mass is 10.1. The topological polar surface area (TPSA) is 114 Å². The van der Waals surface area contributed by atoms with Gasteiger partial charge in [0.1, 0.15) is 11.4 Å². The highest BCUT2D eigenvalue weighted by molar-refractivity contribution is 6.05. The normalized spacial score (nSPS) is 16.2. The zero-order valence-corrected chi connectivity index (χ0v) is 15.0. The van der Waals surface area contributed by atoms with Crippen LogP contribution in [-0.4, -0.2) is 40.8 Å². The fraction of sp³-hybridized carbons (Fsp3) is 0.250. The summed E-state index contributed by atoms with van der Waals surface area (Å²) in [4.78, 5) is 30.4. The van der Waals surface area contributed by atoms with E-state index in [1.165, 1.54) is 24.3 Å². The number of aromatic hydroxyl groups is 1. The van der Waals surface area contributed by atoms with E-state index in [9.17, 15) is 14.7 Å². The maximum absolute atomic E-state index is 12.3. The van der Waals surface area contributed by atoms with Crippen LogP contribution in [0.15, 0.2) is 47.4 Å². The summed E-state index contributed by atoms with van der Waals surface area (Å²) >= 11 is 0. The minimum absolute atomic E-state index is 0.0554. The maximum atomic E-state index is 12.3. The number of phenolic OH excluding ortho intramolecular Hbond substituents is 1. The van der Waals surface area contributed by atoms with Crippen molar-refractivity contribution in [2.24, 2.45) is 5.92 Å². The van der Waals surface area contributed by atoms with Gasteiger partial charge in [-0.2, -0.15) is 0 Å². The molecule has 4 rings (SSSR count). The SMILES string of the molecule is O=C(Nc1cc(O)c2c(OCC3CCOC3)nccc2c1)c1cccc(=O)[nH]1. The number of aromatic amines is 1. The van der Waals surface area contributed by atoms with Crippen LogP contribution < -0.4 is 15.6 Å². The van der Waals surface area contributed by atoms with Crippen molar-refractivity contribution in [3.63, 3.8) is 0 Å². The Kier molecular flexibility index (Phi) is 4.94. The summed E-state index contributed by atoms with van der Waals surface area (Å²) < 4.78 is 11.2. The summed E-state index contributed by atoms with van der Waals surface area (Å²) in [5.41, 5.74) is 0.153. The largest absolute Gasteiger partial charge is 0.507 e. The number of carbonyl (C=O) groups is 1. The number of hydrogen-bond acceptors (Lipinski definition) is 6. The highest BCUT2D eigenvalue weighted by Crippen LogP contribution is 2.35. The Morgan fingerprint density at radius 3 is 3.04 bits per heavy atom. The van der Waals surface area contributed by atoms with E-state index < -0.39 is 5.91 Å². The summed E-state index contributed by atoms with van der Waals surface area (Å²) in [5, 5.41) is 14.3. The molecule has 3 heterocycles. The van der Waals surface area contributed by atoms with Gasteiger partial charge in [0.25, 0.3) is 5.91 Å². The lowest BCUT2D eigenvalue weighted by Crippen LogP contribution is -2.17. The number of ether oxygens (including phenoxy) is 2. The highest BCUT2D eigenvalue weighted by Gasteiger charge is 2.18. The van der Waals surface area contributed by atoms with Gasteiger partial charge in [-0.05, 0) is 30.0 Å². The molecule has 3 aromatic rings. The lowest BCUT2D eigenvalue weighted by Gasteiger charge is -2.13. The molecule has 0 spiro atoms. The Hall–Kier alpha value is -3.39. The quantitative estimate of drug-likeness (QED) is 0.625. The Labute approximate surface area is 160 Å². The van der Waals surface area contributed by atoms with E-state index in [1.807, 2.05) is 0 Å². The van der Waals surface area contributed by atoms with Crippen molar-refractivity contribution in [1.82, 2.24) is 9.97 Å². The fourth-order valence-corrected chi connectivity index (χ4v) is 3.13. The number of hydrogen-bond donors (Lipinski definition) is 3. The summed E-state index contributed by atoms with van der Waals surface area (Å²) in [6.07, 6.45) is 2.52. The van der Waals surface area contributed by atoms with Crippen molar-refractivity contribution in [3.05, 3.63) is 58.6 Å². The van der Waals surface area contributed by atoms with Gasteiger partial charge in [-0.3, -0.25) is 9.59 Å². The summed E-state index contributed by atoms with van der Waals surface area (Å²) in [6.45, 7) is 1.86. The van der Waals surface area contributed by atoms with E-state index in [0.29, 0.717) is 41.5 Å². The van der Waals surface area contributed by atoms with Crippen LogP contribution in [0.5, 0.6) is 11.6 Å². The minimum atomic E-state index is -0.483. The highest BCUT2D eigenvalue weighted by atomic mass is 16.5. The van der Waals surface area contributed by atoms with E-state index in [0.717, 1.165) is 13.0 Å². The number of H-pyrrole nitrogens is 1. The Morgan fingerprint density at radius 2 is 2.25 bits per heavy atom. The third kappa shape index (κ3) is 3.81. The molecule has 0 aliphatic carbocycles. The summed E-state index contributed by atoms with van der Waals surface area (Å²) in [5.74, 6) is 0.112. The predicted octanol–water partition coefficient (Wildman–Crippen LogP) is 2.30. The average molecular weight is 381 g/mol. The molecule has 1 aliphatic heterocycles. The molecule has 28 heavy (non-hydrogen) atoms. The molecule has 1 aromatic carbocycles. The van der Waals surface area contributed by atoms with E-state index in [4.69, 9.17) is 9.47 Å². The molecule has 8 heteroatoms. The number of carbonyl (C=O) groups excluding carboxylic acids is 1. The van der Waals surface area contributed by atoms with Gasteiger partial charge in [0.2, 0.25) is 11.4 Å². The molecule has 1 unspecified atom stereocenters. The monoisotopic (exact) mass is 381 g/mol. The van der Waals surface area contributed by atoms with Crippen LogP contribution in [0.3, 0.4) is 0 Å². The second-order valence-corrected chi connectivity index (χ2v) is 6.63. The molecule has 1 amide bonds. The lowest BCUT2D eigenvalue weighted by molar-refractivity contribution is 0.102. The molecule has 0 bridgehead atoms. The van der Waals surface area contributed by atoms with Crippen molar-refractivity contribution in [1.29, 1.82) is 0 Å². The fourth-order valence-electron chi connectivity index (χ4n) is 3.13. The van der Waals surface area contributed by atoms with Crippen LogP contribution in [0.4, 0.5) is 5.69 Å². The van der Waals surface area contributed by atoms with Crippen LogP contribution in [0.1, 0.15) is 16.9 Å². The molecule has 3 N–H and O–H groups in total. The smallest absolute Gasteiger partial charge is 0.272 e. The van der Waals surface area contributed by atoms with Gasteiger partial charge in [-0.1, -0.05) is 6.07 Å². The third-order valence-electron chi connectivity index (χ3n) is 4.56. The van der Waals surface area contributed by atoms with E-state index in [1.54, 1.807) is 18.3 Å². The molecule has 0 saturated carbocycles. The van der Waals surface area contributed by atoms with Gasteiger partial charge in [-0.25, -0.2) is 4.98 Å². The van der Waals surface area contributed by atoms with Gasteiger partial charge in [0.05, 0.1) is 18.6 Å². The van der Waals surface area contributed by atoms with Crippen LogP contribution in [0.2, 0.25) is 0 Å². The van der Waals surface area contributed by atoms with Crippen LogP contribution in [0, 0.1) is 5.92 Å². The number of fused-ring (bicyclic) bond motifs is 1. The number of nitrogens with zero attached hydrogens (tertiary/aromatic N) is 1. The Bertz CT molecular complexity index is 1070. The van der Waals surface area contributed by atoms with Crippen LogP contribution >= 0.6 is 0 Å². The Balaban J connectivity index is 1.58. The number of rotatable bonds is 5. The van der Waals surface area contributed by atoms with E-state index >= 15 is 0 Å². The number of aromatic nitrogens is 2. The van der Waals surface area contributed by atoms with Gasteiger partial charge in [0.15, 0.2) is 0 Å². The zero-order valence-electron chi connectivity index (χ0n) is 15.0. The number of anilines is 1.